The Morgan fingerprint density at radius 3 is 1.10 bits per heavy atom. The number of aliphatic hydroxyl groups is 4. The molecule has 8 aromatic rings. The van der Waals surface area contributed by atoms with E-state index in [4.69, 9.17) is 81.5 Å². The van der Waals surface area contributed by atoms with Crippen LogP contribution in [0, 0.1) is 6.92 Å². The Kier molecular flexibility index (Phi) is 23.3. The molecule has 52 heteroatoms. The second kappa shape index (κ2) is 35.1. The molecule has 0 spiro atoms. The summed E-state index contributed by atoms with van der Waals surface area (Å²) >= 11 is 0. The van der Waals surface area contributed by atoms with E-state index in [2.05, 4.69) is 0 Å². The standard InChI is InChI=1S/C18H18FN2O9P.3C17H16FN2O9P/c1-10-2-3-14-11(4-10)8-27-31(26,30-14)28-9-18(19)5-13(23)16(29-18)21-6-12(7-22)15(24)20-17(21)25;3*18-17(9-27-30(25)26-8-10-3-1-2-4-13(10)29-30)5-12(22)15(28-17)20-6-11(7-21)14(23)19-16(20)24/h2-4,6-7,13,16,23H,5,8-9H2,1H3,(H,20,24,25);3*1-4,6-7,12,15,22H,5,8-9H2,(H,19,23,24)/t13-,16-,18+,31?;3*12-,15-,17+,30?/m1111/s1/i;9D2,15D;15D;9D2. The Morgan fingerprint density at radius 2 is 0.711 bits per heavy atom. The molecule has 0 amide bonds. The van der Waals surface area contributed by atoms with E-state index < -0.39 is 223 Å². The van der Waals surface area contributed by atoms with Crippen LogP contribution in [-0.2, 0) is 99.8 Å². The van der Waals surface area contributed by atoms with Gasteiger partial charge in [-0.05, 0) is 31.2 Å². The smallest absolute Gasteiger partial charge is 0.404 e. The number of para-hydroxylation sites is 3. The molecule has 16 rings (SSSR count). The van der Waals surface area contributed by atoms with Gasteiger partial charge in [0.15, 0.2) is 50.0 Å². The van der Waals surface area contributed by atoms with Gasteiger partial charge in [-0.3, -0.25) is 113 Å². The van der Waals surface area contributed by atoms with Gasteiger partial charge in [0.25, 0.3) is 22.2 Å². The molecule has 4 fully saturated rings. The number of H-pyrrole nitrogens is 4. The third-order valence-corrected chi connectivity index (χ3v) is 22.8. The molecule has 0 bridgehead atoms. The van der Waals surface area contributed by atoms with Gasteiger partial charge in [-0.2, -0.15) is 0 Å². The number of aryl methyl sites for hydroxylation is 1. The molecule has 44 nitrogen and oxygen atoms in total. The number of fused-ring (bicyclic) bond motifs is 4. The molecule has 8 N–H and O–H groups in total. The maximum absolute atomic E-state index is 15.6. The third kappa shape index (κ3) is 20.0. The molecular weight excluding hydrogens is 1720 g/mol. The van der Waals surface area contributed by atoms with Crippen molar-refractivity contribution in [3.05, 3.63) is 249 Å². The molecule has 4 saturated heterocycles. The van der Waals surface area contributed by atoms with E-state index in [9.17, 15) is 96.2 Å². The molecule has 4 unspecified atom stereocenters. The van der Waals surface area contributed by atoms with Crippen LogP contribution in [0.5, 0.6) is 23.0 Å². The predicted octanol–water partition coefficient (Wildman–Crippen LogP) is 4.42. The number of nitrogens with one attached hydrogen (secondary N) is 4. The Bertz CT molecular complexity index is 6430. The van der Waals surface area contributed by atoms with Crippen molar-refractivity contribution in [2.24, 2.45) is 0 Å². The van der Waals surface area contributed by atoms with E-state index in [0.29, 0.717) is 48.3 Å². The lowest BCUT2D eigenvalue weighted by Crippen LogP contribution is -2.37. The molecule has 0 saturated carbocycles. The highest BCUT2D eigenvalue weighted by atomic mass is 31.2. The molecule has 121 heavy (non-hydrogen) atoms. The number of halogens is 4. The van der Waals surface area contributed by atoms with E-state index in [-0.39, 0.29) is 79.1 Å². The van der Waals surface area contributed by atoms with Crippen LogP contribution < -0.4 is 63.1 Å². The largest absolute Gasteiger partial charge is 0.530 e. The quantitative estimate of drug-likeness (QED) is 0.0297. The van der Waals surface area contributed by atoms with E-state index in [1.165, 1.54) is 18.2 Å². The summed E-state index contributed by atoms with van der Waals surface area (Å²) in [5.74, 6) is -11.9. The van der Waals surface area contributed by atoms with Gasteiger partial charge in [-0.15, -0.1) is 0 Å². The van der Waals surface area contributed by atoms with Gasteiger partial charge in [0.1, 0.15) is 73.7 Å². The second-order valence-corrected chi connectivity index (χ2v) is 32.8. The fourth-order valence-corrected chi connectivity index (χ4v) is 16.7. The van der Waals surface area contributed by atoms with Crippen LogP contribution in [0.4, 0.5) is 17.6 Å². The van der Waals surface area contributed by atoms with Crippen molar-refractivity contribution in [2.75, 3.05) is 26.3 Å². The lowest BCUT2D eigenvalue weighted by Gasteiger charge is -2.27. The van der Waals surface area contributed by atoms with Crippen LogP contribution in [0.1, 0.15) is 128 Å². The molecule has 646 valence electrons. The number of hydrogen-bond donors (Lipinski definition) is 8. The number of rotatable bonds is 20. The van der Waals surface area contributed by atoms with Crippen molar-refractivity contribution in [1.29, 1.82) is 0 Å². The number of phosphoric ester groups is 4. The molecule has 12 heterocycles. The Balaban J connectivity index is 0.000000145. The van der Waals surface area contributed by atoms with E-state index in [0.717, 1.165) is 18.0 Å². The van der Waals surface area contributed by atoms with Crippen molar-refractivity contribution in [3.63, 3.8) is 0 Å². The van der Waals surface area contributed by atoms with Crippen molar-refractivity contribution in [2.45, 2.75) is 132 Å². The zero-order valence-electron chi connectivity index (χ0n) is 67.3. The van der Waals surface area contributed by atoms with Crippen molar-refractivity contribution in [3.8, 4) is 23.0 Å². The van der Waals surface area contributed by atoms with Gasteiger partial charge in [0.2, 0.25) is 23.4 Å². The minimum Gasteiger partial charge on any atom is -0.404 e. The third-order valence-electron chi connectivity index (χ3n) is 17.8. The highest BCUT2D eigenvalue weighted by Gasteiger charge is 2.55. The summed E-state index contributed by atoms with van der Waals surface area (Å²) in [4.78, 5) is 145. The number of aliphatic hydroxyl groups excluding tert-OH is 4. The van der Waals surface area contributed by atoms with E-state index in [1.807, 2.05) is 11.9 Å². The molecule has 16 atom stereocenters. The molecule has 0 aliphatic carbocycles. The summed E-state index contributed by atoms with van der Waals surface area (Å²) in [6, 6.07) is 24.1. The number of hydrogen-bond acceptors (Lipinski definition) is 36. The number of benzene rings is 4. The SMILES string of the molecule is Cc1ccc2c(c1)COP(=O)(OC[C@]1(F)C[C@@H](O)[C@H](n3cc(C=O)c(=O)[nH]c3=O)O1)O2.[2H]C([2H])(OP1(=O)OCc2ccccc2O1)[C@]1(F)C[C@@H](O)[C@H](n2cc(C=O)c(=O)[nH]c2=O)O1.[2H]C([2H])(OP1(=O)OCc2ccccc2O1)[C@]1(F)C[C@@H](O)[C@]([2H])(n2cc(C=O)c(=O)[nH]c2=O)O1.[2H][C@@]1(n2cc(C=O)c(=O)[nH]c2=O)O[C@](F)(COP2(=O)OCc3ccccc3O2)C[C@H]1O. The normalized spacial score (nSPS) is 32.5. The van der Waals surface area contributed by atoms with Gasteiger partial charge in [0, 0.05) is 72.7 Å². The molecule has 0 radical (unpaired) electrons. The summed E-state index contributed by atoms with van der Waals surface area (Å²) < 4.78 is 243. The first-order valence-corrected chi connectivity index (χ1v) is 40.6. The highest BCUT2D eigenvalue weighted by molar-refractivity contribution is 7.49. The second-order valence-electron chi connectivity index (χ2n) is 26.6. The Morgan fingerprint density at radius 1 is 0.421 bits per heavy atom. The minimum atomic E-state index is -4.72. The van der Waals surface area contributed by atoms with Gasteiger partial charge >= 0.3 is 54.0 Å². The van der Waals surface area contributed by atoms with Gasteiger partial charge in [0.05, 0.1) is 56.9 Å². The van der Waals surface area contributed by atoms with Gasteiger partial charge in [-0.1, -0.05) is 72.3 Å². The first-order chi connectivity index (χ1) is 59.5. The first kappa shape index (κ1) is 80.2. The number of alkyl halides is 4. The lowest BCUT2D eigenvalue weighted by atomic mass is 10.1. The summed E-state index contributed by atoms with van der Waals surface area (Å²) in [5, 5.41) is 41.0. The average Bonchev–Trinajstić information content (AvgIpc) is 1.59. The molecular formula is C69H66F4N8O36P4. The van der Waals surface area contributed by atoms with Crippen LogP contribution in [0.15, 0.2) is 154 Å². The number of aromatic amines is 4. The number of aldehydes is 4. The van der Waals surface area contributed by atoms with Crippen LogP contribution in [0.25, 0.3) is 0 Å². The monoisotopic (exact) mass is 1790 g/mol. The molecule has 4 aromatic carbocycles. The fraction of sp³-hybridized carbons (Fsp3) is 0.362. The maximum Gasteiger partial charge on any atom is 0.530 e. The average molecular weight is 1790 g/mol. The molecule has 4 aromatic heterocycles. The van der Waals surface area contributed by atoms with E-state index in [1.54, 1.807) is 87.7 Å². The zero-order valence-corrected chi connectivity index (χ0v) is 64.8. The number of aromatic nitrogens is 8. The van der Waals surface area contributed by atoms with Crippen LogP contribution in [0.3, 0.4) is 0 Å². The van der Waals surface area contributed by atoms with Gasteiger partial charge in [-0.25, -0.2) is 55.0 Å². The first-order valence-electron chi connectivity index (χ1n) is 37.8. The maximum atomic E-state index is 15.6. The zero-order chi connectivity index (χ0) is 92.4. The summed E-state index contributed by atoms with van der Waals surface area (Å²) in [6.07, 6.45) is -17.1. The van der Waals surface area contributed by atoms with Crippen molar-refractivity contribution in [1.82, 2.24) is 38.2 Å². The number of carbonyl (C=O) groups is 4. The van der Waals surface area contributed by atoms with E-state index >= 15 is 17.6 Å². The predicted molar refractivity (Wildman–Crippen MR) is 392 cm³/mol. The number of carbonyl (C=O) groups excluding carboxylic acids is 4. The summed E-state index contributed by atoms with van der Waals surface area (Å²) in [5.41, 5.74) is -7.68. The van der Waals surface area contributed by atoms with Crippen LogP contribution in [-0.4, -0.2) is 158 Å². The lowest BCUT2D eigenvalue weighted by molar-refractivity contribution is -0.179. The minimum absolute atomic E-state index is 0.0474. The fourth-order valence-electron chi connectivity index (χ4n) is 12.0. The highest BCUT2D eigenvalue weighted by Crippen LogP contribution is 2.60. The Labute approximate surface area is 679 Å². The van der Waals surface area contributed by atoms with Crippen molar-refractivity contribution >= 4 is 56.4 Å². The Hall–Kier alpha value is -10.5. The number of ether oxygens (including phenoxy) is 4. The summed E-state index contributed by atoms with van der Waals surface area (Å²) in [6.45, 7) is -7.97. The van der Waals surface area contributed by atoms with Gasteiger partial charge < -0.3 is 57.5 Å². The number of nitrogens with zero attached hydrogens (tertiary/aromatic N) is 4. The van der Waals surface area contributed by atoms with Crippen LogP contribution >= 0.6 is 31.3 Å². The van der Waals surface area contributed by atoms with Crippen LogP contribution in [0.2, 0.25) is 0 Å². The molecule has 8 aliphatic heterocycles. The number of phosphoric acid groups is 4. The summed E-state index contributed by atoms with van der Waals surface area (Å²) in [7, 11) is -17.8. The topological polar surface area (TPSA) is 585 Å². The molecule has 8 aliphatic rings. The van der Waals surface area contributed by atoms with Crippen molar-refractivity contribution < 1.29 is 157 Å².